The van der Waals surface area contributed by atoms with Crippen LogP contribution in [-0.4, -0.2) is 60.4 Å². The molecular weight excluding hydrogens is 350 g/mol. The topological polar surface area (TPSA) is 52.7 Å². The number of aryl methyl sites for hydroxylation is 3. The Morgan fingerprint density at radius 1 is 1.27 bits per heavy atom. The number of benzene rings is 1. The highest BCUT2D eigenvalue weighted by atomic mass is 35.5. The molecule has 2 amide bonds. The minimum Gasteiger partial charge on any atom is -0.341 e. The van der Waals surface area contributed by atoms with Crippen molar-refractivity contribution >= 4 is 24.2 Å². The van der Waals surface area contributed by atoms with E-state index in [0.29, 0.717) is 19.5 Å². The second-order valence-electron chi connectivity index (χ2n) is 7.33. The third-order valence-electron chi connectivity index (χ3n) is 5.42. The summed E-state index contributed by atoms with van der Waals surface area (Å²) in [6.45, 7) is 7.75. The van der Waals surface area contributed by atoms with Gasteiger partial charge in [-0.3, -0.25) is 9.59 Å². The summed E-state index contributed by atoms with van der Waals surface area (Å²) in [6, 6.07) is 6.61. The lowest BCUT2D eigenvalue weighted by Crippen LogP contribution is -2.57. The molecule has 1 atom stereocenters. The fraction of sp³-hybridized carbons (Fsp3) is 0.600. The van der Waals surface area contributed by atoms with E-state index in [1.807, 2.05) is 9.80 Å². The van der Waals surface area contributed by atoms with Crippen molar-refractivity contribution in [2.75, 3.05) is 32.7 Å². The summed E-state index contributed by atoms with van der Waals surface area (Å²) < 4.78 is 0. The van der Waals surface area contributed by atoms with Gasteiger partial charge in [-0.05, 0) is 44.2 Å². The van der Waals surface area contributed by atoms with Crippen LogP contribution >= 0.6 is 12.4 Å². The zero-order chi connectivity index (χ0) is 17.8. The number of halogens is 1. The number of nitrogens with one attached hydrogen (secondary N) is 1. The standard InChI is InChI=1S/C20H29N3O2.ClH/c1-15-5-6-17(16(2)12-15)7-8-19(24)22-10-3-4-18(14-22)23-11-9-21-13-20(23)25;/h5-6,12,18,21H,3-4,7-11,13-14H2,1-2H3;1H. The monoisotopic (exact) mass is 379 g/mol. The van der Waals surface area contributed by atoms with Crippen LogP contribution in [0.25, 0.3) is 0 Å². The quantitative estimate of drug-likeness (QED) is 0.871. The Morgan fingerprint density at radius 3 is 2.81 bits per heavy atom. The lowest BCUT2D eigenvalue weighted by molar-refractivity contribution is -0.140. The maximum atomic E-state index is 12.7. The van der Waals surface area contributed by atoms with Crippen molar-refractivity contribution in [2.45, 2.75) is 45.6 Å². The first-order valence-corrected chi connectivity index (χ1v) is 9.38. The summed E-state index contributed by atoms with van der Waals surface area (Å²) >= 11 is 0. The van der Waals surface area contributed by atoms with Crippen molar-refractivity contribution in [1.29, 1.82) is 0 Å². The van der Waals surface area contributed by atoms with E-state index >= 15 is 0 Å². The second-order valence-corrected chi connectivity index (χ2v) is 7.33. The van der Waals surface area contributed by atoms with E-state index in [-0.39, 0.29) is 30.3 Å². The number of rotatable bonds is 4. The Balaban J connectivity index is 0.00000243. The normalized spacial score (nSPS) is 20.7. The third kappa shape index (κ3) is 4.98. The number of piperidine rings is 1. The zero-order valence-corrected chi connectivity index (χ0v) is 16.6. The van der Waals surface area contributed by atoms with Crippen LogP contribution in [0.4, 0.5) is 0 Å². The molecule has 0 aromatic heterocycles. The van der Waals surface area contributed by atoms with Gasteiger partial charge in [-0.2, -0.15) is 0 Å². The van der Waals surface area contributed by atoms with Crippen molar-refractivity contribution in [3.63, 3.8) is 0 Å². The first-order chi connectivity index (χ1) is 12.0. The summed E-state index contributed by atoms with van der Waals surface area (Å²) in [6.07, 6.45) is 3.33. The molecule has 0 spiro atoms. The summed E-state index contributed by atoms with van der Waals surface area (Å²) in [5, 5.41) is 3.11. The highest BCUT2D eigenvalue weighted by Gasteiger charge is 2.31. The van der Waals surface area contributed by atoms with Crippen LogP contribution in [0.5, 0.6) is 0 Å². The van der Waals surface area contributed by atoms with Gasteiger partial charge in [-0.25, -0.2) is 0 Å². The molecule has 1 N–H and O–H groups in total. The van der Waals surface area contributed by atoms with Crippen LogP contribution in [0.3, 0.4) is 0 Å². The van der Waals surface area contributed by atoms with Crippen molar-refractivity contribution in [2.24, 2.45) is 0 Å². The highest BCUT2D eigenvalue weighted by Crippen LogP contribution is 2.19. The summed E-state index contributed by atoms with van der Waals surface area (Å²) in [4.78, 5) is 28.7. The van der Waals surface area contributed by atoms with E-state index in [2.05, 4.69) is 37.4 Å². The van der Waals surface area contributed by atoms with Crippen LogP contribution in [0.1, 0.15) is 36.0 Å². The Labute approximate surface area is 162 Å². The van der Waals surface area contributed by atoms with Gasteiger partial charge in [0, 0.05) is 38.6 Å². The Morgan fingerprint density at radius 2 is 2.08 bits per heavy atom. The summed E-state index contributed by atoms with van der Waals surface area (Å²) in [5.74, 6) is 0.382. The van der Waals surface area contributed by atoms with Crippen LogP contribution < -0.4 is 5.32 Å². The molecule has 2 aliphatic heterocycles. The number of hydrogen-bond acceptors (Lipinski definition) is 3. The summed E-state index contributed by atoms with van der Waals surface area (Å²) in [7, 11) is 0. The Hall–Kier alpha value is -1.59. The predicted octanol–water partition coefficient (Wildman–Crippen LogP) is 2.08. The maximum Gasteiger partial charge on any atom is 0.236 e. The minimum atomic E-state index is 0. The van der Waals surface area contributed by atoms with Gasteiger partial charge in [0.05, 0.1) is 6.54 Å². The van der Waals surface area contributed by atoms with Gasteiger partial charge in [0.15, 0.2) is 0 Å². The van der Waals surface area contributed by atoms with Crippen LogP contribution in [0.2, 0.25) is 0 Å². The molecule has 144 valence electrons. The van der Waals surface area contributed by atoms with E-state index in [9.17, 15) is 9.59 Å². The van der Waals surface area contributed by atoms with Crippen molar-refractivity contribution < 1.29 is 9.59 Å². The molecule has 0 saturated carbocycles. The molecule has 26 heavy (non-hydrogen) atoms. The number of piperazine rings is 1. The average molecular weight is 380 g/mol. The highest BCUT2D eigenvalue weighted by molar-refractivity contribution is 5.85. The Bertz CT molecular complexity index is 650. The minimum absolute atomic E-state index is 0. The molecule has 2 aliphatic rings. The van der Waals surface area contributed by atoms with Gasteiger partial charge >= 0.3 is 0 Å². The average Bonchev–Trinajstić information content (AvgIpc) is 2.61. The third-order valence-corrected chi connectivity index (χ3v) is 5.42. The number of likely N-dealkylation sites (tertiary alicyclic amines) is 1. The van der Waals surface area contributed by atoms with Gasteiger partial charge in [0.1, 0.15) is 0 Å². The first kappa shape index (κ1) is 20.7. The molecule has 6 heteroatoms. The number of amides is 2. The van der Waals surface area contributed by atoms with E-state index in [1.54, 1.807) is 0 Å². The Kier molecular flexibility index (Phi) is 7.47. The first-order valence-electron chi connectivity index (χ1n) is 9.38. The fourth-order valence-corrected chi connectivity index (χ4v) is 3.97. The van der Waals surface area contributed by atoms with Crippen LogP contribution in [-0.2, 0) is 16.0 Å². The lowest BCUT2D eigenvalue weighted by atomic mass is 10.00. The molecule has 1 aromatic rings. The number of carbonyl (C=O) groups excluding carboxylic acids is 2. The number of hydrogen-bond donors (Lipinski definition) is 1. The molecule has 0 radical (unpaired) electrons. The number of nitrogens with zero attached hydrogens (tertiary/aromatic N) is 2. The van der Waals surface area contributed by atoms with Crippen LogP contribution in [0, 0.1) is 13.8 Å². The van der Waals surface area contributed by atoms with E-state index in [4.69, 9.17) is 0 Å². The van der Waals surface area contributed by atoms with Crippen LogP contribution in [0.15, 0.2) is 18.2 Å². The fourth-order valence-electron chi connectivity index (χ4n) is 3.97. The van der Waals surface area contributed by atoms with Crippen molar-refractivity contribution in [3.8, 4) is 0 Å². The second kappa shape index (κ2) is 9.38. The molecule has 0 bridgehead atoms. The zero-order valence-electron chi connectivity index (χ0n) is 15.8. The largest absolute Gasteiger partial charge is 0.341 e. The van der Waals surface area contributed by atoms with E-state index < -0.39 is 0 Å². The molecule has 2 heterocycles. The molecule has 1 unspecified atom stereocenters. The van der Waals surface area contributed by atoms with E-state index in [0.717, 1.165) is 38.9 Å². The van der Waals surface area contributed by atoms with Gasteiger partial charge in [-0.1, -0.05) is 23.8 Å². The molecule has 5 nitrogen and oxygen atoms in total. The predicted molar refractivity (Wildman–Crippen MR) is 106 cm³/mol. The van der Waals surface area contributed by atoms with E-state index in [1.165, 1.54) is 16.7 Å². The molecular formula is C20H30ClN3O2. The van der Waals surface area contributed by atoms with Gasteiger partial charge < -0.3 is 15.1 Å². The smallest absolute Gasteiger partial charge is 0.236 e. The number of carbonyl (C=O) groups is 2. The summed E-state index contributed by atoms with van der Waals surface area (Å²) in [5.41, 5.74) is 3.77. The van der Waals surface area contributed by atoms with Gasteiger partial charge in [-0.15, -0.1) is 12.4 Å². The molecule has 1 aromatic carbocycles. The molecule has 3 rings (SSSR count). The van der Waals surface area contributed by atoms with Gasteiger partial charge in [0.2, 0.25) is 11.8 Å². The van der Waals surface area contributed by atoms with Crippen molar-refractivity contribution in [1.82, 2.24) is 15.1 Å². The molecule has 0 aliphatic carbocycles. The molecule has 2 saturated heterocycles. The maximum absolute atomic E-state index is 12.7. The molecule has 2 fully saturated rings. The lowest BCUT2D eigenvalue weighted by Gasteiger charge is -2.41. The SMILES string of the molecule is Cc1ccc(CCC(=O)N2CCCC(N3CCNCC3=O)C2)c(C)c1.Cl. The van der Waals surface area contributed by atoms with Crippen molar-refractivity contribution in [3.05, 3.63) is 34.9 Å². The van der Waals surface area contributed by atoms with Gasteiger partial charge in [0.25, 0.3) is 0 Å².